The van der Waals surface area contributed by atoms with Gasteiger partial charge in [-0.3, -0.25) is 14.5 Å². The maximum atomic E-state index is 12.8. The molecule has 0 unspecified atom stereocenters. The van der Waals surface area contributed by atoms with Crippen LogP contribution in [0.2, 0.25) is 5.02 Å². The van der Waals surface area contributed by atoms with Crippen molar-refractivity contribution in [3.05, 3.63) is 81.4 Å². The Kier molecular flexibility index (Phi) is 6.71. The minimum Gasteiger partial charge on any atom is -0.489 e. The van der Waals surface area contributed by atoms with Gasteiger partial charge in [-0.1, -0.05) is 48.9 Å². The van der Waals surface area contributed by atoms with Gasteiger partial charge < -0.3 is 4.74 Å². The highest BCUT2D eigenvalue weighted by atomic mass is 35.5. The van der Waals surface area contributed by atoms with E-state index in [1.54, 1.807) is 25.1 Å². The fourth-order valence-electron chi connectivity index (χ4n) is 3.16. The molecule has 1 aliphatic heterocycles. The van der Waals surface area contributed by atoms with Crippen molar-refractivity contribution in [2.24, 2.45) is 0 Å². The van der Waals surface area contributed by atoms with E-state index in [-0.39, 0.29) is 18.0 Å². The summed E-state index contributed by atoms with van der Waals surface area (Å²) >= 11 is 6.14. The minimum absolute atomic E-state index is 0.00833. The zero-order valence-corrected chi connectivity index (χ0v) is 17.6. The van der Waals surface area contributed by atoms with Crippen LogP contribution in [0.3, 0.4) is 0 Å². The quantitative estimate of drug-likeness (QED) is 0.491. The third-order valence-electron chi connectivity index (χ3n) is 4.82. The van der Waals surface area contributed by atoms with Gasteiger partial charge in [0.05, 0.1) is 0 Å². The summed E-state index contributed by atoms with van der Waals surface area (Å²) in [6.45, 7) is 4.13. The lowest BCUT2D eigenvalue weighted by molar-refractivity contribution is -0.140. The minimum atomic E-state index is -0.526. The van der Waals surface area contributed by atoms with E-state index in [2.05, 4.69) is 0 Å². The molecule has 0 N–H and O–H groups in total. The van der Waals surface area contributed by atoms with Gasteiger partial charge in [0.15, 0.2) is 0 Å². The molecule has 6 heteroatoms. The number of nitriles is 1. The Bertz CT molecular complexity index is 1080. The standard InChI is InChI=1S/C24H21ClN2O3/c1-3-12-27-23(28)20(16(2)21(14-26)24(27)29)13-17-8-10-19(11-9-17)30-15-18-6-4-5-7-22(18)25/h4-11,13H,3,12,15H2,1-2H3/b20-13+. The zero-order valence-electron chi connectivity index (χ0n) is 16.8. The van der Waals surface area contributed by atoms with Crippen molar-refractivity contribution < 1.29 is 14.3 Å². The van der Waals surface area contributed by atoms with Gasteiger partial charge in [0.2, 0.25) is 0 Å². The van der Waals surface area contributed by atoms with Crippen molar-refractivity contribution in [1.82, 2.24) is 4.90 Å². The summed E-state index contributed by atoms with van der Waals surface area (Å²) in [5, 5.41) is 10.0. The van der Waals surface area contributed by atoms with Crippen LogP contribution < -0.4 is 4.74 Å². The third-order valence-corrected chi connectivity index (χ3v) is 5.18. The Morgan fingerprint density at radius 1 is 1.10 bits per heavy atom. The average Bonchev–Trinajstić information content (AvgIpc) is 2.75. The molecule has 5 nitrogen and oxygen atoms in total. The Hall–Kier alpha value is -3.36. The van der Waals surface area contributed by atoms with Crippen LogP contribution in [0, 0.1) is 11.3 Å². The van der Waals surface area contributed by atoms with Crippen LogP contribution in [0.4, 0.5) is 0 Å². The predicted molar refractivity (Wildman–Crippen MR) is 116 cm³/mol. The van der Waals surface area contributed by atoms with Gasteiger partial charge in [-0.15, -0.1) is 0 Å². The molecule has 0 fully saturated rings. The van der Waals surface area contributed by atoms with Crippen molar-refractivity contribution >= 4 is 29.5 Å². The lowest BCUT2D eigenvalue weighted by Gasteiger charge is -2.27. The van der Waals surface area contributed by atoms with Crippen LogP contribution in [0.15, 0.2) is 65.3 Å². The number of hydrogen-bond acceptors (Lipinski definition) is 4. The van der Waals surface area contributed by atoms with Crippen LogP contribution in [0.5, 0.6) is 5.75 Å². The molecule has 0 aromatic heterocycles. The molecular weight excluding hydrogens is 400 g/mol. The van der Waals surface area contributed by atoms with Gasteiger partial charge in [-0.25, -0.2) is 0 Å². The molecule has 3 rings (SSSR count). The number of halogens is 1. The molecule has 152 valence electrons. The van der Waals surface area contributed by atoms with Crippen LogP contribution >= 0.6 is 11.6 Å². The zero-order chi connectivity index (χ0) is 21.7. The van der Waals surface area contributed by atoms with E-state index >= 15 is 0 Å². The SMILES string of the molecule is CCCN1C(=O)C(C#N)=C(C)/C(=C\c2ccc(OCc3ccccc3Cl)cc2)C1=O. The summed E-state index contributed by atoms with van der Waals surface area (Å²) in [5.41, 5.74) is 2.42. The first kappa shape index (κ1) is 21.4. The second kappa shape index (κ2) is 9.43. The first-order valence-electron chi connectivity index (χ1n) is 9.61. The van der Waals surface area contributed by atoms with E-state index in [1.165, 1.54) is 0 Å². The highest BCUT2D eigenvalue weighted by molar-refractivity contribution is 6.31. The molecule has 30 heavy (non-hydrogen) atoms. The molecule has 0 saturated carbocycles. The topological polar surface area (TPSA) is 70.4 Å². The third kappa shape index (κ3) is 4.45. The van der Waals surface area contributed by atoms with Gasteiger partial charge in [0.25, 0.3) is 11.8 Å². The van der Waals surface area contributed by atoms with Crippen LogP contribution in [-0.2, 0) is 16.2 Å². The molecule has 0 saturated heterocycles. The molecule has 2 aromatic rings. The van der Waals surface area contributed by atoms with Gasteiger partial charge in [-0.05, 0) is 48.8 Å². The molecule has 0 atom stereocenters. The monoisotopic (exact) mass is 420 g/mol. The summed E-state index contributed by atoms with van der Waals surface area (Å²) in [5.74, 6) is -0.237. The lowest BCUT2D eigenvalue weighted by Crippen LogP contribution is -2.43. The molecule has 1 heterocycles. The van der Waals surface area contributed by atoms with E-state index in [0.717, 1.165) is 16.0 Å². The molecule has 0 aliphatic carbocycles. The van der Waals surface area contributed by atoms with Crippen LogP contribution in [0.25, 0.3) is 6.08 Å². The lowest BCUT2D eigenvalue weighted by atomic mass is 9.93. The highest BCUT2D eigenvalue weighted by Gasteiger charge is 2.34. The summed E-state index contributed by atoms with van der Waals surface area (Å²) in [6, 6.07) is 16.7. The van der Waals surface area contributed by atoms with Gasteiger partial charge in [0, 0.05) is 22.7 Å². The molecular formula is C24H21ClN2O3. The molecule has 2 amide bonds. The van der Waals surface area contributed by atoms with Gasteiger partial charge >= 0.3 is 0 Å². The van der Waals surface area contributed by atoms with Crippen molar-refractivity contribution in [3.8, 4) is 11.8 Å². The van der Waals surface area contributed by atoms with Crippen molar-refractivity contribution in [2.45, 2.75) is 26.9 Å². The van der Waals surface area contributed by atoms with E-state index in [4.69, 9.17) is 16.3 Å². The summed E-state index contributed by atoms with van der Waals surface area (Å²) in [7, 11) is 0. The summed E-state index contributed by atoms with van der Waals surface area (Å²) in [6.07, 6.45) is 2.32. The fraction of sp³-hybridized carbons (Fsp3) is 0.208. The van der Waals surface area contributed by atoms with Gasteiger partial charge in [-0.2, -0.15) is 5.26 Å². The molecule has 2 aromatic carbocycles. The number of rotatable bonds is 6. The maximum Gasteiger partial charge on any atom is 0.271 e. The predicted octanol–water partition coefficient (Wildman–Crippen LogP) is 4.92. The Morgan fingerprint density at radius 2 is 1.80 bits per heavy atom. The van der Waals surface area contributed by atoms with Crippen LogP contribution in [-0.4, -0.2) is 23.3 Å². The number of benzene rings is 2. The molecule has 1 aliphatic rings. The fourth-order valence-corrected chi connectivity index (χ4v) is 3.35. The second-order valence-corrected chi connectivity index (χ2v) is 7.29. The number of hydrogen-bond donors (Lipinski definition) is 0. The number of imide groups is 1. The summed E-state index contributed by atoms with van der Waals surface area (Å²) < 4.78 is 5.78. The van der Waals surface area contributed by atoms with Crippen molar-refractivity contribution in [2.75, 3.05) is 6.54 Å². The molecule has 0 spiro atoms. The maximum absolute atomic E-state index is 12.8. The van der Waals surface area contributed by atoms with Gasteiger partial charge in [0.1, 0.15) is 24.0 Å². The summed E-state index contributed by atoms with van der Waals surface area (Å²) in [4.78, 5) is 26.3. The Morgan fingerprint density at radius 3 is 2.43 bits per heavy atom. The number of ether oxygens (including phenoxy) is 1. The highest BCUT2D eigenvalue weighted by Crippen LogP contribution is 2.27. The first-order valence-corrected chi connectivity index (χ1v) is 9.99. The largest absolute Gasteiger partial charge is 0.489 e. The Balaban J connectivity index is 1.82. The number of carbonyl (C=O) groups is 2. The smallest absolute Gasteiger partial charge is 0.271 e. The molecule has 0 bridgehead atoms. The van der Waals surface area contributed by atoms with Crippen molar-refractivity contribution in [1.29, 1.82) is 5.26 Å². The van der Waals surface area contributed by atoms with E-state index in [9.17, 15) is 14.9 Å². The number of amides is 2. The first-order chi connectivity index (χ1) is 14.5. The van der Waals surface area contributed by atoms with E-state index in [0.29, 0.717) is 34.9 Å². The second-order valence-electron chi connectivity index (χ2n) is 6.88. The van der Waals surface area contributed by atoms with E-state index < -0.39 is 5.91 Å². The average molecular weight is 421 g/mol. The Labute approximate surface area is 180 Å². The van der Waals surface area contributed by atoms with Crippen LogP contribution in [0.1, 0.15) is 31.4 Å². The number of nitrogens with zero attached hydrogens (tertiary/aromatic N) is 2. The normalized spacial score (nSPS) is 15.5. The van der Waals surface area contributed by atoms with E-state index in [1.807, 2.05) is 49.4 Å². The molecule has 0 radical (unpaired) electrons. The van der Waals surface area contributed by atoms with Crippen molar-refractivity contribution in [3.63, 3.8) is 0 Å². The number of carbonyl (C=O) groups excluding carboxylic acids is 2.